The summed E-state index contributed by atoms with van der Waals surface area (Å²) in [6, 6.07) is 9.96. The van der Waals surface area contributed by atoms with Gasteiger partial charge in [0.05, 0.1) is 0 Å². The summed E-state index contributed by atoms with van der Waals surface area (Å²) in [6.45, 7) is 1.80. The number of hydrogen-bond donors (Lipinski definition) is 1. The van der Waals surface area contributed by atoms with Crippen LogP contribution in [0.15, 0.2) is 42.6 Å². The monoisotopic (exact) mass is 302 g/mol. The van der Waals surface area contributed by atoms with Crippen molar-refractivity contribution in [2.45, 2.75) is 13.0 Å². The van der Waals surface area contributed by atoms with Crippen LogP contribution in [0, 0.1) is 0 Å². The van der Waals surface area contributed by atoms with Crippen molar-refractivity contribution in [3.8, 4) is 0 Å². The van der Waals surface area contributed by atoms with Crippen LogP contribution < -0.4 is 0 Å². The van der Waals surface area contributed by atoms with Crippen LogP contribution in [0.4, 0.5) is 0 Å². The highest BCUT2D eigenvalue weighted by Gasteiger charge is 2.04. The molecule has 0 aromatic carbocycles. The minimum absolute atomic E-state index is 0.860. The fraction of sp³-hybridized carbons (Fsp3) is 0.250. The standard InChI is InChI=1S/C16H18N2O2S/c1-18(11-9-13-4-2-3-10-17-13)12-15-6-5-14(21-15)7-8-16(19)20/h2-8,10H,9,11-12H2,1H3,(H,19,20). The van der Waals surface area contributed by atoms with Crippen molar-refractivity contribution in [2.24, 2.45) is 0 Å². The van der Waals surface area contributed by atoms with E-state index in [2.05, 4.69) is 16.9 Å². The molecule has 0 saturated carbocycles. The topological polar surface area (TPSA) is 53.4 Å². The van der Waals surface area contributed by atoms with E-state index in [9.17, 15) is 4.79 Å². The zero-order chi connectivity index (χ0) is 15.1. The van der Waals surface area contributed by atoms with Gasteiger partial charge in [0, 0.05) is 47.2 Å². The molecule has 5 heteroatoms. The summed E-state index contributed by atoms with van der Waals surface area (Å²) < 4.78 is 0. The number of aliphatic carboxylic acids is 1. The summed E-state index contributed by atoms with van der Waals surface area (Å²) in [5, 5.41) is 8.61. The lowest BCUT2D eigenvalue weighted by atomic mass is 10.2. The first kappa shape index (κ1) is 15.4. The molecule has 0 saturated heterocycles. The molecule has 0 radical (unpaired) electrons. The van der Waals surface area contributed by atoms with E-state index in [1.165, 1.54) is 11.0 Å². The summed E-state index contributed by atoms with van der Waals surface area (Å²) in [6.07, 6.45) is 5.54. The molecule has 0 atom stereocenters. The second-order valence-electron chi connectivity index (χ2n) is 4.78. The van der Waals surface area contributed by atoms with Crippen molar-refractivity contribution in [1.82, 2.24) is 9.88 Å². The summed E-state index contributed by atoms with van der Waals surface area (Å²) in [5.41, 5.74) is 1.10. The van der Waals surface area contributed by atoms with E-state index in [0.29, 0.717) is 0 Å². The third-order valence-electron chi connectivity index (χ3n) is 2.97. The molecular weight excluding hydrogens is 284 g/mol. The molecule has 2 heterocycles. The number of nitrogens with zero attached hydrogens (tertiary/aromatic N) is 2. The quantitative estimate of drug-likeness (QED) is 0.799. The molecule has 2 aromatic heterocycles. The van der Waals surface area contributed by atoms with Gasteiger partial charge < -0.3 is 10.0 Å². The summed E-state index contributed by atoms with van der Waals surface area (Å²) >= 11 is 1.62. The second kappa shape index (κ2) is 7.71. The lowest BCUT2D eigenvalue weighted by Gasteiger charge is -2.14. The van der Waals surface area contributed by atoms with Gasteiger partial charge in [-0.1, -0.05) is 6.07 Å². The Labute approximate surface area is 128 Å². The maximum absolute atomic E-state index is 10.5. The average Bonchev–Trinajstić information content (AvgIpc) is 2.91. The van der Waals surface area contributed by atoms with E-state index >= 15 is 0 Å². The third-order valence-corrected chi connectivity index (χ3v) is 4.01. The highest BCUT2D eigenvalue weighted by atomic mass is 32.1. The van der Waals surface area contributed by atoms with Crippen LogP contribution >= 0.6 is 11.3 Å². The molecule has 0 spiro atoms. The smallest absolute Gasteiger partial charge is 0.328 e. The zero-order valence-corrected chi connectivity index (χ0v) is 12.7. The lowest BCUT2D eigenvalue weighted by molar-refractivity contribution is -0.131. The van der Waals surface area contributed by atoms with Crippen molar-refractivity contribution in [2.75, 3.05) is 13.6 Å². The number of carboxylic acids is 1. The number of hydrogen-bond acceptors (Lipinski definition) is 4. The van der Waals surface area contributed by atoms with E-state index in [4.69, 9.17) is 5.11 Å². The van der Waals surface area contributed by atoms with Gasteiger partial charge in [-0.3, -0.25) is 4.98 Å². The van der Waals surface area contributed by atoms with Crippen LogP contribution in [-0.4, -0.2) is 34.6 Å². The maximum atomic E-state index is 10.5. The molecule has 0 aliphatic carbocycles. The van der Waals surface area contributed by atoms with Crippen molar-refractivity contribution < 1.29 is 9.90 Å². The van der Waals surface area contributed by atoms with Crippen LogP contribution in [0.2, 0.25) is 0 Å². The van der Waals surface area contributed by atoms with E-state index < -0.39 is 5.97 Å². The Hall–Kier alpha value is -1.98. The molecule has 0 aliphatic rings. The number of rotatable bonds is 7. The number of pyridine rings is 1. The first-order valence-corrected chi connectivity index (χ1v) is 7.53. The van der Waals surface area contributed by atoms with Crippen molar-refractivity contribution >= 4 is 23.4 Å². The van der Waals surface area contributed by atoms with Gasteiger partial charge in [0.2, 0.25) is 0 Å². The van der Waals surface area contributed by atoms with Crippen LogP contribution in [-0.2, 0) is 17.8 Å². The average molecular weight is 302 g/mol. The Bertz CT molecular complexity index is 608. The SMILES string of the molecule is CN(CCc1ccccn1)Cc1ccc(C=CC(=O)O)s1. The number of aromatic nitrogens is 1. The highest BCUT2D eigenvalue weighted by molar-refractivity contribution is 7.12. The normalized spacial score (nSPS) is 11.3. The van der Waals surface area contributed by atoms with E-state index in [1.807, 2.05) is 36.5 Å². The first-order chi connectivity index (χ1) is 10.1. The second-order valence-corrected chi connectivity index (χ2v) is 5.98. The molecule has 110 valence electrons. The van der Waals surface area contributed by atoms with Crippen molar-refractivity contribution in [3.05, 3.63) is 58.1 Å². The Balaban J connectivity index is 1.82. The largest absolute Gasteiger partial charge is 0.478 e. The molecule has 0 bridgehead atoms. The first-order valence-electron chi connectivity index (χ1n) is 6.71. The lowest BCUT2D eigenvalue weighted by Crippen LogP contribution is -2.20. The van der Waals surface area contributed by atoms with Gasteiger partial charge in [0.25, 0.3) is 0 Å². The molecular formula is C16H18N2O2S. The molecule has 0 unspecified atom stereocenters. The molecule has 0 fully saturated rings. The molecule has 0 amide bonds. The molecule has 0 aliphatic heterocycles. The Morgan fingerprint density at radius 3 is 2.95 bits per heavy atom. The fourth-order valence-corrected chi connectivity index (χ4v) is 2.91. The van der Waals surface area contributed by atoms with Gasteiger partial charge in [-0.25, -0.2) is 4.79 Å². The summed E-state index contributed by atoms with van der Waals surface area (Å²) in [5.74, 6) is -0.919. The van der Waals surface area contributed by atoms with E-state index in [1.54, 1.807) is 17.4 Å². The molecule has 1 N–H and O–H groups in total. The molecule has 2 rings (SSSR count). The Morgan fingerprint density at radius 1 is 1.38 bits per heavy atom. The van der Waals surface area contributed by atoms with Gasteiger partial charge in [-0.15, -0.1) is 11.3 Å². The maximum Gasteiger partial charge on any atom is 0.328 e. The third kappa shape index (κ3) is 5.49. The van der Waals surface area contributed by atoms with Gasteiger partial charge >= 0.3 is 5.97 Å². The van der Waals surface area contributed by atoms with Gasteiger partial charge in [-0.2, -0.15) is 0 Å². The summed E-state index contributed by atoms with van der Waals surface area (Å²) in [7, 11) is 2.08. The van der Waals surface area contributed by atoms with Crippen molar-refractivity contribution in [3.63, 3.8) is 0 Å². The molecule has 4 nitrogen and oxygen atoms in total. The van der Waals surface area contributed by atoms with Gasteiger partial charge in [0.1, 0.15) is 0 Å². The predicted molar refractivity (Wildman–Crippen MR) is 85.3 cm³/mol. The molecule has 2 aromatic rings. The highest BCUT2D eigenvalue weighted by Crippen LogP contribution is 2.19. The van der Waals surface area contributed by atoms with Crippen LogP contribution in [0.25, 0.3) is 6.08 Å². The van der Waals surface area contributed by atoms with Crippen LogP contribution in [0.5, 0.6) is 0 Å². The van der Waals surface area contributed by atoms with Crippen molar-refractivity contribution in [1.29, 1.82) is 0 Å². The number of carboxylic acid groups (broad SMARTS) is 1. The fourth-order valence-electron chi connectivity index (χ4n) is 1.92. The summed E-state index contributed by atoms with van der Waals surface area (Å²) in [4.78, 5) is 19.2. The number of thiophene rings is 1. The van der Waals surface area contributed by atoms with Gasteiger partial charge in [-0.05, 0) is 37.4 Å². The predicted octanol–water partition coefficient (Wildman–Crippen LogP) is 2.92. The zero-order valence-electron chi connectivity index (χ0n) is 11.9. The number of likely N-dealkylation sites (N-methyl/N-ethyl adjacent to an activating group) is 1. The van der Waals surface area contributed by atoms with E-state index in [-0.39, 0.29) is 0 Å². The Morgan fingerprint density at radius 2 is 2.24 bits per heavy atom. The minimum Gasteiger partial charge on any atom is -0.478 e. The number of carbonyl (C=O) groups is 1. The van der Waals surface area contributed by atoms with Crippen LogP contribution in [0.1, 0.15) is 15.4 Å². The minimum atomic E-state index is -0.919. The van der Waals surface area contributed by atoms with E-state index in [0.717, 1.165) is 30.1 Å². The van der Waals surface area contributed by atoms with Crippen LogP contribution in [0.3, 0.4) is 0 Å². The molecule has 21 heavy (non-hydrogen) atoms. The Kier molecular flexibility index (Phi) is 5.66. The van der Waals surface area contributed by atoms with Gasteiger partial charge in [0.15, 0.2) is 0 Å².